The molecule has 0 spiro atoms. The topological polar surface area (TPSA) is 58.9 Å². The molecule has 36 valence electrons. The van der Waals surface area contributed by atoms with E-state index in [1.54, 1.807) is 0 Å². The zero-order valence-electron chi connectivity index (χ0n) is 2.80. The molecule has 0 aromatic carbocycles. The van der Waals surface area contributed by atoms with Crippen molar-refractivity contribution in [2.75, 3.05) is 4.55 Å². The van der Waals surface area contributed by atoms with Crippen molar-refractivity contribution in [3.63, 3.8) is 0 Å². The van der Waals surface area contributed by atoms with E-state index in [2.05, 4.69) is 8.57 Å². The maximum atomic E-state index is 9.16. The normalized spacial score (nSPS) is 8.00. The van der Waals surface area contributed by atoms with Crippen LogP contribution >= 0.6 is 0 Å². The van der Waals surface area contributed by atoms with Gasteiger partial charge in [0.2, 0.25) is 0 Å². The van der Waals surface area contributed by atoms with Crippen LogP contribution in [0.5, 0.6) is 0 Å². The molecule has 6 heavy (non-hydrogen) atoms. The molecule has 0 amide bonds. The molecule has 0 saturated carbocycles. The van der Waals surface area contributed by atoms with Crippen LogP contribution in [0.25, 0.3) is 0 Å². The van der Waals surface area contributed by atoms with Gasteiger partial charge in [-0.25, -0.2) is 0 Å². The van der Waals surface area contributed by atoms with Crippen LogP contribution in [0, 0.1) is 9.81 Å². The van der Waals surface area contributed by atoms with E-state index in [0.29, 0.717) is 0 Å². The van der Waals surface area contributed by atoms with Crippen molar-refractivity contribution in [1.82, 2.24) is 0 Å². The number of rotatable bonds is 3. The Kier molecular flexibility index (Phi) is 4.87. The quantitative estimate of drug-likeness (QED) is 0.166. The van der Waals surface area contributed by atoms with Crippen molar-refractivity contribution in [1.29, 1.82) is 0 Å². The first-order valence-electron chi connectivity index (χ1n) is 1.12. The molecule has 0 aromatic heterocycles. The number of nitrogens with zero attached hydrogens (tertiary/aromatic N) is 2. The molecule has 0 aliphatic heterocycles. The number of alkyl halides is 1. The molecule has 0 fully saturated rings. The Labute approximate surface area is 44.9 Å². The summed E-state index contributed by atoms with van der Waals surface area (Å²) in [6.45, 7) is 0. The van der Waals surface area contributed by atoms with E-state index in [4.69, 9.17) is 9.81 Å². The SMILES string of the molecule is O=NC[I-]N=O. The van der Waals surface area contributed by atoms with Gasteiger partial charge < -0.3 is 0 Å². The molecular weight excluding hydrogens is 199 g/mol. The fourth-order valence-electron chi connectivity index (χ4n) is 0.0436. The van der Waals surface area contributed by atoms with Crippen molar-refractivity contribution in [3.8, 4) is 0 Å². The minimum absolute atomic E-state index is 0.113. The summed E-state index contributed by atoms with van der Waals surface area (Å²) in [7, 11) is 0. The monoisotopic (exact) mass is 201 g/mol. The standard InChI is InChI=1S/CH2IN2O2/c5-3-1-2-4-6/h1H2/q-1. The van der Waals surface area contributed by atoms with E-state index in [-0.39, 0.29) is 4.55 Å². The summed E-state index contributed by atoms with van der Waals surface area (Å²) in [4.78, 5) is 18.3. The summed E-state index contributed by atoms with van der Waals surface area (Å²) in [6, 6.07) is 0. The van der Waals surface area contributed by atoms with Gasteiger partial charge in [0, 0.05) is 0 Å². The summed E-state index contributed by atoms with van der Waals surface area (Å²) in [5.74, 6) is 0. The average molecular weight is 201 g/mol. The van der Waals surface area contributed by atoms with Gasteiger partial charge in [0.15, 0.2) is 0 Å². The van der Waals surface area contributed by atoms with Crippen LogP contribution in [0.15, 0.2) is 8.57 Å². The van der Waals surface area contributed by atoms with Crippen molar-refractivity contribution >= 4 is 0 Å². The zero-order chi connectivity index (χ0) is 4.83. The van der Waals surface area contributed by atoms with Crippen LogP contribution in [-0.2, 0) is 0 Å². The fourth-order valence-corrected chi connectivity index (χ4v) is 0.293. The van der Waals surface area contributed by atoms with Gasteiger partial charge in [-0.05, 0) is 0 Å². The van der Waals surface area contributed by atoms with Crippen LogP contribution in [0.1, 0.15) is 0 Å². The molecule has 0 aliphatic rings. The molecule has 0 unspecified atom stereocenters. The van der Waals surface area contributed by atoms with Gasteiger partial charge in [-0.2, -0.15) is 0 Å². The second kappa shape index (κ2) is 4.93. The molecule has 0 aliphatic carbocycles. The summed E-state index contributed by atoms with van der Waals surface area (Å²) < 4.78 is 2.61. The predicted octanol–water partition coefficient (Wildman–Crippen LogP) is -2.52. The van der Waals surface area contributed by atoms with Gasteiger partial charge >= 0.3 is 44.4 Å². The average Bonchev–Trinajstić information content (AvgIpc) is 1.61. The molecule has 0 bridgehead atoms. The molecule has 5 heteroatoms. The van der Waals surface area contributed by atoms with Gasteiger partial charge in [-0.15, -0.1) is 0 Å². The Hall–Kier alpha value is -0.0700. The maximum absolute atomic E-state index is 9.16. The molecule has 0 radical (unpaired) electrons. The number of halogens is 1. The van der Waals surface area contributed by atoms with Gasteiger partial charge in [-0.1, -0.05) is 0 Å². The summed E-state index contributed by atoms with van der Waals surface area (Å²) >= 11 is -0.782. The Bertz CT molecular complexity index is 47.5. The van der Waals surface area contributed by atoms with E-state index in [0.717, 1.165) is 0 Å². The number of hydrogen-bond donors (Lipinski definition) is 0. The van der Waals surface area contributed by atoms with E-state index in [1.807, 2.05) is 0 Å². The molecule has 4 nitrogen and oxygen atoms in total. The number of hydrogen-bond acceptors (Lipinski definition) is 4. The Morgan fingerprint density at radius 3 is 2.33 bits per heavy atom. The van der Waals surface area contributed by atoms with Gasteiger partial charge in [0.05, 0.1) is 0 Å². The van der Waals surface area contributed by atoms with Crippen LogP contribution in [0.2, 0.25) is 0 Å². The Morgan fingerprint density at radius 1 is 1.50 bits per heavy atom. The summed E-state index contributed by atoms with van der Waals surface area (Å²) in [6.07, 6.45) is 0. The molecule has 0 rings (SSSR count). The molecule has 0 saturated heterocycles. The molecular formula is CH2IN2O2-. The first-order valence-corrected chi connectivity index (χ1v) is 3.61. The molecule has 0 aromatic rings. The van der Waals surface area contributed by atoms with Crippen molar-refractivity contribution in [2.45, 2.75) is 0 Å². The van der Waals surface area contributed by atoms with E-state index >= 15 is 0 Å². The van der Waals surface area contributed by atoms with E-state index in [1.165, 1.54) is 0 Å². The molecule has 0 atom stereocenters. The van der Waals surface area contributed by atoms with Crippen molar-refractivity contribution in [3.05, 3.63) is 9.81 Å². The van der Waals surface area contributed by atoms with Gasteiger partial charge in [0.25, 0.3) is 0 Å². The minimum atomic E-state index is -0.782. The van der Waals surface area contributed by atoms with E-state index in [9.17, 15) is 0 Å². The second-order valence-electron chi connectivity index (χ2n) is 0.437. The Morgan fingerprint density at radius 2 is 2.17 bits per heavy atom. The van der Waals surface area contributed by atoms with Crippen molar-refractivity contribution in [2.24, 2.45) is 8.57 Å². The summed E-state index contributed by atoms with van der Waals surface area (Å²) in [5.41, 5.74) is 0. The van der Waals surface area contributed by atoms with Gasteiger partial charge in [-0.3, -0.25) is 0 Å². The van der Waals surface area contributed by atoms with Gasteiger partial charge in [0.1, 0.15) is 0 Å². The zero-order valence-corrected chi connectivity index (χ0v) is 4.95. The summed E-state index contributed by atoms with van der Waals surface area (Å²) in [5, 5.41) is 2.43. The Balaban J connectivity index is 2.66. The fraction of sp³-hybridized carbons (Fsp3) is 1.00. The van der Waals surface area contributed by atoms with Crippen LogP contribution in [-0.4, -0.2) is 4.55 Å². The molecule has 0 N–H and O–H groups in total. The van der Waals surface area contributed by atoms with Crippen LogP contribution in [0.3, 0.4) is 0 Å². The first kappa shape index (κ1) is 5.93. The second-order valence-corrected chi connectivity index (χ2v) is 2.20. The third-order valence-corrected chi connectivity index (χ3v) is 1.01. The van der Waals surface area contributed by atoms with Crippen molar-refractivity contribution < 1.29 is 21.5 Å². The third kappa shape index (κ3) is 3.93. The first-order chi connectivity index (χ1) is 2.91. The predicted molar refractivity (Wildman–Crippen MR) is 16.5 cm³/mol. The van der Waals surface area contributed by atoms with E-state index < -0.39 is 21.5 Å². The van der Waals surface area contributed by atoms with Crippen LogP contribution < -0.4 is 21.5 Å². The van der Waals surface area contributed by atoms with Crippen LogP contribution in [0.4, 0.5) is 0 Å². The third-order valence-electron chi connectivity index (χ3n) is 0.151. The number of nitroso groups, excluding NO2 is 2. The molecule has 0 heterocycles.